The Bertz CT molecular complexity index is 1170. The molecule has 5 rings (SSSR count). The molecular formula is C24H29N5O4S. The van der Waals surface area contributed by atoms with Crippen LogP contribution in [0.3, 0.4) is 0 Å². The lowest BCUT2D eigenvalue weighted by molar-refractivity contribution is -0.140. The Balaban J connectivity index is 1.32. The summed E-state index contributed by atoms with van der Waals surface area (Å²) >= 11 is 0. The van der Waals surface area contributed by atoms with Crippen LogP contribution in [0.25, 0.3) is 0 Å². The number of carbonyl (C=O) groups is 2. The predicted octanol–water partition coefficient (Wildman–Crippen LogP) is 1.97. The van der Waals surface area contributed by atoms with E-state index in [9.17, 15) is 18.0 Å². The van der Waals surface area contributed by atoms with Gasteiger partial charge in [-0.2, -0.15) is 4.31 Å². The van der Waals surface area contributed by atoms with Gasteiger partial charge in [-0.05, 0) is 43.0 Å². The largest absolute Gasteiger partial charge is 0.338 e. The fourth-order valence-electron chi connectivity index (χ4n) is 5.31. The summed E-state index contributed by atoms with van der Waals surface area (Å²) in [6.07, 6.45) is 6.82. The molecule has 0 spiro atoms. The minimum atomic E-state index is -3.72. The molecule has 10 heteroatoms. The molecule has 1 aromatic heterocycles. The van der Waals surface area contributed by atoms with Crippen molar-refractivity contribution in [1.29, 1.82) is 0 Å². The number of imide groups is 1. The van der Waals surface area contributed by atoms with Gasteiger partial charge in [0.1, 0.15) is 0 Å². The van der Waals surface area contributed by atoms with E-state index >= 15 is 0 Å². The van der Waals surface area contributed by atoms with Crippen LogP contribution < -0.4 is 4.90 Å². The maximum absolute atomic E-state index is 13.5. The summed E-state index contributed by atoms with van der Waals surface area (Å²) in [5.74, 6) is -0.0457. The average molecular weight is 484 g/mol. The van der Waals surface area contributed by atoms with E-state index in [0.717, 1.165) is 25.7 Å². The standard InChI is InChI=1S/C24H29N5O4S/c1-17-7-8-18(16-29-22(30)19-5-2-3-6-20(19)23(29)31)15-21(17)34(32,33)28-13-11-27(12-14-28)24-25-9-4-10-26-24/h4,7-10,15,19-20H,2-3,5-6,11-14,16H2,1H3/t19-,20-/m0/s1. The predicted molar refractivity (Wildman–Crippen MR) is 125 cm³/mol. The van der Waals surface area contributed by atoms with Crippen molar-refractivity contribution in [2.75, 3.05) is 31.1 Å². The minimum absolute atomic E-state index is 0.112. The van der Waals surface area contributed by atoms with Crippen LogP contribution in [0.4, 0.5) is 5.95 Å². The first-order valence-corrected chi connectivity index (χ1v) is 13.3. The number of carbonyl (C=O) groups excluding carboxylic acids is 2. The van der Waals surface area contributed by atoms with Crippen LogP contribution in [-0.4, -0.2) is 65.6 Å². The van der Waals surface area contributed by atoms with Crippen molar-refractivity contribution in [2.24, 2.45) is 11.8 Å². The summed E-state index contributed by atoms with van der Waals surface area (Å²) in [7, 11) is -3.72. The maximum atomic E-state index is 13.5. The number of rotatable bonds is 5. The Hall–Kier alpha value is -2.85. The molecule has 180 valence electrons. The molecule has 0 unspecified atom stereocenters. The first-order valence-electron chi connectivity index (χ1n) is 11.8. The number of piperazine rings is 1. The van der Waals surface area contributed by atoms with Crippen molar-refractivity contribution in [3.05, 3.63) is 47.8 Å². The number of aryl methyl sites for hydroxylation is 1. The second kappa shape index (κ2) is 9.07. The Morgan fingerprint density at radius 3 is 2.18 bits per heavy atom. The molecule has 2 atom stereocenters. The van der Waals surface area contributed by atoms with Crippen molar-refractivity contribution >= 4 is 27.8 Å². The van der Waals surface area contributed by atoms with E-state index in [-0.39, 0.29) is 35.1 Å². The number of anilines is 1. The van der Waals surface area contributed by atoms with E-state index in [1.165, 1.54) is 9.21 Å². The van der Waals surface area contributed by atoms with Crippen LogP contribution in [0, 0.1) is 18.8 Å². The molecule has 1 aliphatic carbocycles. The molecule has 3 heterocycles. The van der Waals surface area contributed by atoms with Crippen LogP contribution in [0.2, 0.25) is 0 Å². The molecule has 1 aromatic carbocycles. The fourth-order valence-corrected chi connectivity index (χ4v) is 7.01. The number of hydrogen-bond donors (Lipinski definition) is 0. The van der Waals surface area contributed by atoms with Gasteiger partial charge >= 0.3 is 0 Å². The number of sulfonamides is 1. The van der Waals surface area contributed by atoms with Gasteiger partial charge in [0.15, 0.2) is 0 Å². The lowest BCUT2D eigenvalue weighted by Gasteiger charge is -2.34. The Labute approximate surface area is 199 Å². The summed E-state index contributed by atoms with van der Waals surface area (Å²) in [6, 6.07) is 6.94. The third-order valence-electron chi connectivity index (χ3n) is 7.22. The van der Waals surface area contributed by atoms with Crippen molar-refractivity contribution in [3.8, 4) is 0 Å². The van der Waals surface area contributed by atoms with E-state index in [0.29, 0.717) is 43.3 Å². The molecule has 2 amide bonds. The van der Waals surface area contributed by atoms with E-state index in [4.69, 9.17) is 0 Å². The number of fused-ring (bicyclic) bond motifs is 1. The number of hydrogen-bond acceptors (Lipinski definition) is 7. The number of nitrogens with zero attached hydrogens (tertiary/aromatic N) is 5. The highest BCUT2D eigenvalue weighted by Gasteiger charge is 2.48. The van der Waals surface area contributed by atoms with Gasteiger partial charge in [0.05, 0.1) is 23.3 Å². The molecule has 2 aliphatic heterocycles. The van der Waals surface area contributed by atoms with Gasteiger partial charge < -0.3 is 4.90 Å². The average Bonchev–Trinajstić information content (AvgIpc) is 3.10. The highest BCUT2D eigenvalue weighted by molar-refractivity contribution is 7.89. The van der Waals surface area contributed by atoms with Crippen molar-refractivity contribution in [3.63, 3.8) is 0 Å². The molecule has 34 heavy (non-hydrogen) atoms. The SMILES string of the molecule is Cc1ccc(CN2C(=O)[C@H]3CCCC[C@@H]3C2=O)cc1S(=O)(=O)N1CCN(c2ncccn2)CC1. The van der Waals surface area contributed by atoms with E-state index in [1.807, 2.05) is 11.0 Å². The van der Waals surface area contributed by atoms with Crippen LogP contribution in [-0.2, 0) is 26.2 Å². The van der Waals surface area contributed by atoms with Crippen LogP contribution in [0.15, 0.2) is 41.6 Å². The molecule has 0 N–H and O–H groups in total. The highest BCUT2D eigenvalue weighted by atomic mass is 32.2. The van der Waals surface area contributed by atoms with E-state index in [1.54, 1.807) is 37.5 Å². The quantitative estimate of drug-likeness (QED) is 0.599. The number of benzene rings is 1. The lowest BCUT2D eigenvalue weighted by atomic mass is 9.81. The zero-order chi connectivity index (χ0) is 23.9. The number of amides is 2. The third kappa shape index (κ3) is 4.09. The molecule has 2 aromatic rings. The molecule has 2 saturated heterocycles. The summed E-state index contributed by atoms with van der Waals surface area (Å²) < 4.78 is 28.5. The molecule has 0 bridgehead atoms. The van der Waals surface area contributed by atoms with Gasteiger partial charge in [-0.1, -0.05) is 25.0 Å². The smallest absolute Gasteiger partial charge is 0.243 e. The van der Waals surface area contributed by atoms with Crippen molar-refractivity contribution < 1.29 is 18.0 Å². The zero-order valence-electron chi connectivity index (χ0n) is 19.3. The first kappa shape index (κ1) is 22.9. The van der Waals surface area contributed by atoms with Crippen LogP contribution >= 0.6 is 0 Å². The van der Waals surface area contributed by atoms with Crippen molar-refractivity contribution in [1.82, 2.24) is 19.2 Å². The topological polar surface area (TPSA) is 104 Å². The van der Waals surface area contributed by atoms with Gasteiger partial charge in [-0.25, -0.2) is 18.4 Å². The monoisotopic (exact) mass is 483 g/mol. The highest BCUT2D eigenvalue weighted by Crippen LogP contribution is 2.38. The zero-order valence-corrected chi connectivity index (χ0v) is 20.1. The summed E-state index contributed by atoms with van der Waals surface area (Å²) in [4.78, 5) is 37.8. The molecule has 1 saturated carbocycles. The van der Waals surface area contributed by atoms with E-state index in [2.05, 4.69) is 9.97 Å². The molecule has 0 radical (unpaired) electrons. The van der Waals surface area contributed by atoms with Gasteiger partial charge in [-0.15, -0.1) is 0 Å². The lowest BCUT2D eigenvalue weighted by Crippen LogP contribution is -2.49. The van der Waals surface area contributed by atoms with Gasteiger partial charge in [-0.3, -0.25) is 14.5 Å². The second-order valence-electron chi connectivity index (χ2n) is 9.30. The van der Waals surface area contributed by atoms with Crippen molar-refractivity contribution in [2.45, 2.75) is 44.0 Å². The Morgan fingerprint density at radius 1 is 0.941 bits per heavy atom. The Kier molecular flexibility index (Phi) is 6.11. The fraction of sp³-hybridized carbons (Fsp3) is 0.500. The van der Waals surface area contributed by atoms with Gasteiger partial charge in [0.2, 0.25) is 27.8 Å². The normalized spacial score (nSPS) is 23.9. The van der Waals surface area contributed by atoms with Crippen LogP contribution in [0.1, 0.15) is 36.8 Å². The second-order valence-corrected chi connectivity index (χ2v) is 11.2. The molecule has 3 fully saturated rings. The summed E-state index contributed by atoms with van der Waals surface area (Å²) in [5, 5.41) is 0. The van der Waals surface area contributed by atoms with E-state index < -0.39 is 10.0 Å². The maximum Gasteiger partial charge on any atom is 0.243 e. The third-order valence-corrected chi connectivity index (χ3v) is 9.26. The van der Waals surface area contributed by atoms with Gasteiger partial charge in [0, 0.05) is 38.6 Å². The minimum Gasteiger partial charge on any atom is -0.338 e. The molecular weight excluding hydrogens is 454 g/mol. The summed E-state index contributed by atoms with van der Waals surface area (Å²) in [6.45, 7) is 3.55. The van der Waals surface area contributed by atoms with Gasteiger partial charge in [0.25, 0.3) is 0 Å². The first-order chi connectivity index (χ1) is 16.4. The number of aromatic nitrogens is 2. The van der Waals surface area contributed by atoms with Crippen LogP contribution in [0.5, 0.6) is 0 Å². The Morgan fingerprint density at radius 2 is 1.56 bits per heavy atom. The summed E-state index contributed by atoms with van der Waals surface area (Å²) in [5.41, 5.74) is 1.30. The number of likely N-dealkylation sites (tertiary alicyclic amines) is 1. The molecule has 3 aliphatic rings. The molecule has 9 nitrogen and oxygen atoms in total.